The highest BCUT2D eigenvalue weighted by Gasteiger charge is 2.27. The SMILES string of the molecule is C/C(=N/NC(=O)[C@@H](NC(=O)c1ccccc1)c1n[nH]c(=O)c2ccccc12)c1ccccc1. The van der Waals surface area contributed by atoms with Crippen LogP contribution in [0.4, 0.5) is 0 Å². The number of rotatable bonds is 6. The Hall–Kier alpha value is -4.59. The second kappa shape index (κ2) is 9.69. The number of amides is 2. The van der Waals surface area contributed by atoms with Crippen LogP contribution in [0.25, 0.3) is 10.8 Å². The molecule has 0 bridgehead atoms. The number of carbonyl (C=O) groups excluding carboxylic acids is 2. The minimum absolute atomic E-state index is 0.208. The van der Waals surface area contributed by atoms with Gasteiger partial charge in [-0.05, 0) is 30.7 Å². The molecule has 3 N–H and O–H groups in total. The maximum Gasteiger partial charge on any atom is 0.272 e. The predicted molar refractivity (Wildman–Crippen MR) is 126 cm³/mol. The maximum atomic E-state index is 13.2. The molecule has 0 saturated heterocycles. The number of fused-ring (bicyclic) bond motifs is 1. The molecule has 164 valence electrons. The van der Waals surface area contributed by atoms with Crippen LogP contribution < -0.4 is 16.3 Å². The smallest absolute Gasteiger partial charge is 0.272 e. The number of aromatic nitrogens is 2. The van der Waals surface area contributed by atoms with Crippen molar-refractivity contribution in [3.8, 4) is 0 Å². The lowest BCUT2D eigenvalue weighted by molar-refractivity contribution is -0.123. The number of carbonyl (C=O) groups is 2. The van der Waals surface area contributed by atoms with E-state index in [0.29, 0.717) is 22.0 Å². The first-order valence-corrected chi connectivity index (χ1v) is 10.3. The first kappa shape index (κ1) is 21.6. The van der Waals surface area contributed by atoms with E-state index in [1.165, 1.54) is 0 Å². The lowest BCUT2D eigenvalue weighted by Gasteiger charge is -2.18. The third-order valence-electron chi connectivity index (χ3n) is 5.10. The first-order valence-electron chi connectivity index (χ1n) is 10.3. The number of nitrogens with zero attached hydrogens (tertiary/aromatic N) is 2. The molecule has 0 fully saturated rings. The zero-order chi connectivity index (χ0) is 23.2. The van der Waals surface area contributed by atoms with Crippen LogP contribution in [0, 0.1) is 0 Å². The fourth-order valence-electron chi connectivity index (χ4n) is 3.37. The Bertz CT molecular complexity index is 1380. The monoisotopic (exact) mass is 439 g/mol. The minimum atomic E-state index is -1.20. The van der Waals surface area contributed by atoms with E-state index in [9.17, 15) is 14.4 Å². The molecule has 0 radical (unpaired) electrons. The molecular weight excluding hydrogens is 418 g/mol. The Balaban J connectivity index is 1.70. The van der Waals surface area contributed by atoms with Gasteiger partial charge in [0.2, 0.25) is 0 Å². The average Bonchev–Trinajstić information content (AvgIpc) is 2.87. The van der Waals surface area contributed by atoms with E-state index in [4.69, 9.17) is 0 Å². The second-order valence-corrected chi connectivity index (χ2v) is 7.30. The van der Waals surface area contributed by atoms with Gasteiger partial charge >= 0.3 is 0 Å². The van der Waals surface area contributed by atoms with E-state index in [1.54, 1.807) is 61.5 Å². The summed E-state index contributed by atoms with van der Waals surface area (Å²) in [5.74, 6) is -1.06. The molecule has 1 atom stereocenters. The molecule has 8 heteroatoms. The van der Waals surface area contributed by atoms with Crippen molar-refractivity contribution in [2.45, 2.75) is 13.0 Å². The fraction of sp³-hybridized carbons (Fsp3) is 0.0800. The van der Waals surface area contributed by atoms with Crippen LogP contribution in [0.2, 0.25) is 0 Å². The van der Waals surface area contributed by atoms with E-state index in [-0.39, 0.29) is 11.3 Å². The van der Waals surface area contributed by atoms with Crippen molar-refractivity contribution in [1.82, 2.24) is 20.9 Å². The van der Waals surface area contributed by atoms with Gasteiger partial charge in [0, 0.05) is 10.9 Å². The molecular formula is C25H21N5O3. The van der Waals surface area contributed by atoms with E-state index >= 15 is 0 Å². The summed E-state index contributed by atoms with van der Waals surface area (Å²) in [5, 5.41) is 14.2. The van der Waals surface area contributed by atoms with Crippen molar-refractivity contribution >= 4 is 28.3 Å². The summed E-state index contributed by atoms with van der Waals surface area (Å²) in [7, 11) is 0. The standard InChI is InChI=1S/C25H21N5O3/c1-16(17-10-4-2-5-11-17)27-30-25(33)22(26-23(31)18-12-6-3-7-13-18)21-19-14-8-9-15-20(19)24(32)29-28-21/h2-15,22H,1H3,(H,26,31)(H,29,32)(H,30,33)/b27-16-/t22-/m0/s1. The summed E-state index contributed by atoms with van der Waals surface area (Å²) in [6.45, 7) is 1.76. The van der Waals surface area contributed by atoms with Gasteiger partial charge in [0.15, 0.2) is 6.04 Å². The van der Waals surface area contributed by atoms with Crippen molar-refractivity contribution in [1.29, 1.82) is 0 Å². The number of hydrogen-bond acceptors (Lipinski definition) is 5. The van der Waals surface area contributed by atoms with Gasteiger partial charge in [-0.3, -0.25) is 14.4 Å². The number of hydrazone groups is 1. The van der Waals surface area contributed by atoms with Crippen molar-refractivity contribution in [2.24, 2.45) is 5.10 Å². The molecule has 1 heterocycles. The molecule has 8 nitrogen and oxygen atoms in total. The van der Waals surface area contributed by atoms with Gasteiger partial charge in [-0.2, -0.15) is 10.2 Å². The van der Waals surface area contributed by atoms with Gasteiger partial charge in [-0.1, -0.05) is 66.7 Å². The number of nitrogens with one attached hydrogen (secondary N) is 3. The molecule has 4 rings (SSSR count). The van der Waals surface area contributed by atoms with Gasteiger partial charge in [-0.15, -0.1) is 0 Å². The van der Waals surface area contributed by atoms with Crippen LogP contribution in [0.3, 0.4) is 0 Å². The van der Waals surface area contributed by atoms with E-state index < -0.39 is 17.9 Å². The molecule has 0 unspecified atom stereocenters. The van der Waals surface area contributed by atoms with Crippen LogP contribution in [-0.2, 0) is 4.79 Å². The van der Waals surface area contributed by atoms with Crippen LogP contribution in [0.15, 0.2) is 94.8 Å². The molecule has 3 aromatic carbocycles. The first-order chi connectivity index (χ1) is 16.0. The quantitative estimate of drug-likeness (QED) is 0.316. The van der Waals surface area contributed by atoms with Crippen molar-refractivity contribution in [3.63, 3.8) is 0 Å². The van der Waals surface area contributed by atoms with Crippen molar-refractivity contribution < 1.29 is 9.59 Å². The van der Waals surface area contributed by atoms with Crippen LogP contribution >= 0.6 is 0 Å². The van der Waals surface area contributed by atoms with Gasteiger partial charge in [-0.25, -0.2) is 10.5 Å². The Morgan fingerprint density at radius 3 is 2.09 bits per heavy atom. The topological polar surface area (TPSA) is 116 Å². The molecule has 1 aromatic heterocycles. The summed E-state index contributed by atoms with van der Waals surface area (Å²) < 4.78 is 0. The van der Waals surface area contributed by atoms with Gasteiger partial charge in [0.1, 0.15) is 5.69 Å². The molecule has 0 spiro atoms. The third kappa shape index (κ3) is 4.85. The summed E-state index contributed by atoms with van der Waals surface area (Å²) in [6.07, 6.45) is 0. The second-order valence-electron chi connectivity index (χ2n) is 7.30. The van der Waals surface area contributed by atoms with E-state index in [1.807, 2.05) is 30.3 Å². The molecule has 0 aliphatic rings. The Morgan fingerprint density at radius 2 is 1.42 bits per heavy atom. The normalized spacial score (nSPS) is 12.2. The van der Waals surface area contributed by atoms with Crippen LogP contribution in [-0.4, -0.2) is 27.7 Å². The van der Waals surface area contributed by atoms with Crippen molar-refractivity contribution in [2.75, 3.05) is 0 Å². The molecule has 0 aliphatic carbocycles. The van der Waals surface area contributed by atoms with Gasteiger partial charge < -0.3 is 5.32 Å². The van der Waals surface area contributed by atoms with Gasteiger partial charge in [0.25, 0.3) is 17.4 Å². The zero-order valence-electron chi connectivity index (χ0n) is 17.8. The minimum Gasteiger partial charge on any atom is -0.335 e. The van der Waals surface area contributed by atoms with E-state index in [2.05, 4.69) is 26.0 Å². The highest BCUT2D eigenvalue weighted by Crippen LogP contribution is 2.20. The predicted octanol–water partition coefficient (Wildman–Crippen LogP) is 2.93. The lowest BCUT2D eigenvalue weighted by Crippen LogP contribution is -2.40. The number of hydrogen-bond donors (Lipinski definition) is 3. The maximum absolute atomic E-state index is 13.2. The average molecular weight is 439 g/mol. The zero-order valence-corrected chi connectivity index (χ0v) is 17.8. The Labute approximate surface area is 189 Å². The summed E-state index contributed by atoms with van der Waals surface area (Å²) in [5.41, 5.74) is 4.16. The van der Waals surface area contributed by atoms with E-state index in [0.717, 1.165) is 5.56 Å². The van der Waals surface area contributed by atoms with Crippen LogP contribution in [0.5, 0.6) is 0 Å². The Morgan fingerprint density at radius 1 is 0.848 bits per heavy atom. The lowest BCUT2D eigenvalue weighted by atomic mass is 10.0. The number of aromatic amines is 1. The highest BCUT2D eigenvalue weighted by molar-refractivity contribution is 6.01. The summed E-state index contributed by atoms with van der Waals surface area (Å²) >= 11 is 0. The Kier molecular flexibility index (Phi) is 6.36. The van der Waals surface area contributed by atoms with Gasteiger partial charge in [0.05, 0.1) is 11.1 Å². The number of benzene rings is 3. The summed E-state index contributed by atoms with van der Waals surface area (Å²) in [4.78, 5) is 38.3. The third-order valence-corrected chi connectivity index (χ3v) is 5.10. The van der Waals surface area contributed by atoms with Crippen molar-refractivity contribution in [3.05, 3.63) is 112 Å². The number of H-pyrrole nitrogens is 1. The highest BCUT2D eigenvalue weighted by atomic mass is 16.2. The summed E-state index contributed by atoms with van der Waals surface area (Å²) in [6, 6.07) is 23.5. The fourth-order valence-corrected chi connectivity index (χ4v) is 3.37. The molecule has 4 aromatic rings. The molecule has 0 saturated carbocycles. The largest absolute Gasteiger partial charge is 0.335 e. The molecule has 33 heavy (non-hydrogen) atoms. The van der Waals surface area contributed by atoms with Crippen LogP contribution in [0.1, 0.15) is 34.6 Å². The molecule has 0 aliphatic heterocycles. The molecule has 2 amide bonds.